The van der Waals surface area contributed by atoms with Crippen molar-refractivity contribution in [2.45, 2.75) is 24.5 Å². The molecule has 158 valence electrons. The number of benzene rings is 1. The molecule has 0 saturated heterocycles. The second kappa shape index (κ2) is 6.78. The minimum atomic E-state index is -2.37. The normalized spacial score (nSPS) is 30.9. The lowest BCUT2D eigenvalue weighted by molar-refractivity contribution is -0.153. The number of likely N-dealkylation sites (N-methyl/N-ethyl adjacent to an activating group) is 1. The first kappa shape index (κ1) is 20.3. The molecule has 0 aromatic heterocycles. The van der Waals surface area contributed by atoms with Gasteiger partial charge in [-0.15, -0.1) is 0 Å². The summed E-state index contributed by atoms with van der Waals surface area (Å²) in [6.07, 6.45) is 0.561. The fourth-order valence-corrected chi connectivity index (χ4v) is 5.28. The van der Waals surface area contributed by atoms with E-state index >= 15 is 0 Å². The van der Waals surface area contributed by atoms with E-state index in [0.29, 0.717) is 12.0 Å². The average Bonchev–Trinajstić information content (AvgIpc) is 2.68. The largest absolute Gasteiger partial charge is 0.508 e. The molecule has 1 aromatic carbocycles. The van der Waals surface area contributed by atoms with Crippen molar-refractivity contribution >= 4 is 24.0 Å². The topological polar surface area (TPSA) is 131 Å². The smallest absolute Gasteiger partial charge is 0.202 e. The number of aliphatic imine (C=N–C) groups is 1. The van der Waals surface area contributed by atoms with Gasteiger partial charge in [0, 0.05) is 11.5 Å². The highest BCUT2D eigenvalue weighted by Gasteiger charge is 2.63. The highest BCUT2D eigenvalue weighted by molar-refractivity contribution is 6.14. The fraction of sp³-hybridized carbons (Fsp3) is 0.409. The second-order valence-corrected chi connectivity index (χ2v) is 8.39. The summed E-state index contributed by atoms with van der Waals surface area (Å²) < 4.78 is 0. The molecule has 3 aliphatic rings. The van der Waals surface area contributed by atoms with Crippen molar-refractivity contribution in [1.82, 2.24) is 4.90 Å². The molecule has 3 aliphatic carbocycles. The van der Waals surface area contributed by atoms with Crippen LogP contribution in [0.2, 0.25) is 0 Å². The molecule has 0 aliphatic heterocycles. The summed E-state index contributed by atoms with van der Waals surface area (Å²) in [6.45, 7) is 3.11. The average molecular weight is 412 g/mol. The van der Waals surface area contributed by atoms with Gasteiger partial charge in [-0.05, 0) is 51.2 Å². The van der Waals surface area contributed by atoms with Gasteiger partial charge < -0.3 is 20.4 Å². The van der Waals surface area contributed by atoms with Crippen LogP contribution in [0.25, 0.3) is 5.76 Å². The highest BCUT2D eigenvalue weighted by Crippen LogP contribution is 2.52. The van der Waals surface area contributed by atoms with E-state index < -0.39 is 46.6 Å². The number of hydrogen-bond acceptors (Lipinski definition) is 8. The summed E-state index contributed by atoms with van der Waals surface area (Å²) in [6, 6.07) is 3.98. The Hall–Kier alpha value is -2.97. The lowest BCUT2D eigenvalue weighted by Gasteiger charge is -2.50. The lowest BCUT2D eigenvalue weighted by atomic mass is 9.57. The Morgan fingerprint density at radius 2 is 1.93 bits per heavy atom. The zero-order valence-electron chi connectivity index (χ0n) is 16.8. The minimum Gasteiger partial charge on any atom is -0.508 e. The number of carbonyl (C=O) groups is 2. The van der Waals surface area contributed by atoms with Gasteiger partial charge in [-0.1, -0.05) is 12.1 Å². The maximum Gasteiger partial charge on any atom is 0.202 e. The van der Waals surface area contributed by atoms with Gasteiger partial charge in [0.2, 0.25) is 5.78 Å². The van der Waals surface area contributed by atoms with E-state index in [1.165, 1.54) is 6.07 Å². The number of carbonyl (C=O) groups excluding carboxylic acids is 2. The van der Waals surface area contributed by atoms with Crippen LogP contribution in [-0.4, -0.2) is 75.9 Å². The highest BCUT2D eigenvalue weighted by atomic mass is 16.3. The predicted octanol–water partition coefficient (Wildman–Crippen LogP) is 1.18. The third-order valence-corrected chi connectivity index (χ3v) is 6.58. The number of hydrogen-bond donors (Lipinski definition) is 4. The van der Waals surface area contributed by atoms with Gasteiger partial charge in [0.25, 0.3) is 0 Å². The molecule has 1 aromatic rings. The van der Waals surface area contributed by atoms with Crippen molar-refractivity contribution in [2.75, 3.05) is 20.6 Å². The number of phenolic OH excluding ortho intramolecular Hbond substituents is 1. The van der Waals surface area contributed by atoms with Crippen LogP contribution in [0.3, 0.4) is 0 Å². The first-order valence-corrected chi connectivity index (χ1v) is 9.71. The number of aliphatic hydroxyl groups is 3. The molecule has 0 radical (unpaired) electrons. The Morgan fingerprint density at radius 3 is 2.57 bits per heavy atom. The first-order chi connectivity index (χ1) is 14.1. The molecule has 4 atom stereocenters. The van der Waals surface area contributed by atoms with Gasteiger partial charge in [-0.25, -0.2) is 0 Å². The summed E-state index contributed by atoms with van der Waals surface area (Å²) in [5, 5.41) is 43.5. The van der Waals surface area contributed by atoms with Crippen molar-refractivity contribution in [3.05, 3.63) is 46.2 Å². The van der Waals surface area contributed by atoms with Crippen molar-refractivity contribution < 1.29 is 30.0 Å². The van der Waals surface area contributed by atoms with Crippen LogP contribution in [0.4, 0.5) is 0 Å². The molecular formula is C22H24N2O6. The first-order valence-electron chi connectivity index (χ1n) is 9.71. The van der Waals surface area contributed by atoms with Gasteiger partial charge in [-0.2, -0.15) is 0 Å². The van der Waals surface area contributed by atoms with Crippen molar-refractivity contribution in [3.63, 3.8) is 0 Å². The van der Waals surface area contributed by atoms with E-state index in [4.69, 9.17) is 0 Å². The summed E-state index contributed by atoms with van der Waals surface area (Å²) >= 11 is 0. The quantitative estimate of drug-likeness (QED) is 0.548. The van der Waals surface area contributed by atoms with Gasteiger partial charge in [0.1, 0.15) is 17.3 Å². The van der Waals surface area contributed by atoms with Crippen molar-refractivity contribution in [3.8, 4) is 5.75 Å². The van der Waals surface area contributed by atoms with Crippen LogP contribution in [-0.2, 0) is 16.0 Å². The minimum absolute atomic E-state index is 0.0351. The van der Waals surface area contributed by atoms with E-state index in [0.717, 1.165) is 0 Å². The second-order valence-electron chi connectivity index (χ2n) is 8.39. The third kappa shape index (κ3) is 2.50. The number of phenols is 1. The summed E-state index contributed by atoms with van der Waals surface area (Å²) in [5.41, 5.74) is -1.73. The molecule has 0 heterocycles. The zero-order valence-corrected chi connectivity index (χ0v) is 16.8. The molecular weight excluding hydrogens is 388 g/mol. The number of aromatic hydroxyl groups is 1. The molecule has 0 bridgehead atoms. The SMILES string of the molecule is C=NCC1=C(O)[C@@]2(O)C(=O)C3=C(O)c4c(O)cccc4C[C@H]3C[C@H]2[C@H](N(C)C)C1=O. The molecule has 0 spiro atoms. The molecule has 8 nitrogen and oxygen atoms in total. The summed E-state index contributed by atoms with van der Waals surface area (Å²) in [7, 11) is 3.34. The Kier molecular flexibility index (Phi) is 4.59. The zero-order chi connectivity index (χ0) is 22.0. The molecule has 30 heavy (non-hydrogen) atoms. The number of Topliss-reactive ketones (excluding diaryl/α,β-unsaturated/α-hetero) is 2. The maximum atomic E-state index is 13.6. The monoisotopic (exact) mass is 412 g/mol. The van der Waals surface area contributed by atoms with Gasteiger partial charge in [0.05, 0.1) is 23.7 Å². The predicted molar refractivity (Wildman–Crippen MR) is 109 cm³/mol. The van der Waals surface area contributed by atoms with E-state index in [1.807, 2.05) is 0 Å². The maximum absolute atomic E-state index is 13.6. The Labute approximate surface area is 173 Å². The van der Waals surface area contributed by atoms with E-state index in [-0.39, 0.29) is 35.4 Å². The van der Waals surface area contributed by atoms with E-state index in [9.17, 15) is 30.0 Å². The van der Waals surface area contributed by atoms with Crippen LogP contribution >= 0.6 is 0 Å². The summed E-state index contributed by atoms with van der Waals surface area (Å²) in [5.74, 6) is -3.91. The van der Waals surface area contributed by atoms with Crippen LogP contribution in [0.15, 0.2) is 40.1 Å². The van der Waals surface area contributed by atoms with Gasteiger partial charge in [0.15, 0.2) is 11.4 Å². The third-order valence-electron chi connectivity index (χ3n) is 6.58. The van der Waals surface area contributed by atoms with E-state index in [2.05, 4.69) is 11.7 Å². The molecule has 0 unspecified atom stereocenters. The standard InChI is InChI=1S/C22H24N2O6/c1-23-9-12-18(26)17(24(2)3)13-8-11-7-10-5-4-6-14(25)15(10)19(27)16(11)21(29)22(13,30)20(12)28/h4-6,11,13,17,25,27-28,30H,1,7-9H2,2-3H3/t11-,13-,17-,22+/m0/s1. The fourth-order valence-electron chi connectivity index (χ4n) is 5.28. The molecule has 1 saturated carbocycles. The number of nitrogens with zero attached hydrogens (tertiary/aromatic N) is 2. The van der Waals surface area contributed by atoms with Gasteiger partial charge in [-0.3, -0.25) is 19.5 Å². The van der Waals surface area contributed by atoms with E-state index in [1.54, 1.807) is 31.1 Å². The van der Waals surface area contributed by atoms with Crippen LogP contribution < -0.4 is 0 Å². The van der Waals surface area contributed by atoms with Crippen LogP contribution in [0.1, 0.15) is 17.5 Å². The lowest BCUT2D eigenvalue weighted by Crippen LogP contribution is -2.65. The number of aliphatic hydroxyl groups excluding tert-OH is 2. The van der Waals surface area contributed by atoms with Crippen molar-refractivity contribution in [2.24, 2.45) is 16.8 Å². The molecule has 8 heteroatoms. The van der Waals surface area contributed by atoms with Crippen molar-refractivity contribution in [1.29, 1.82) is 0 Å². The number of rotatable bonds is 3. The Balaban J connectivity index is 1.95. The van der Waals surface area contributed by atoms with Crippen LogP contribution in [0, 0.1) is 11.8 Å². The molecule has 1 fully saturated rings. The molecule has 4 rings (SSSR count). The Bertz CT molecular complexity index is 1040. The Morgan fingerprint density at radius 1 is 1.23 bits per heavy atom. The number of ketones is 2. The number of fused-ring (bicyclic) bond motifs is 3. The summed E-state index contributed by atoms with van der Waals surface area (Å²) in [4.78, 5) is 31.9. The molecule has 0 amide bonds. The van der Waals surface area contributed by atoms with Crippen LogP contribution in [0.5, 0.6) is 5.75 Å². The molecule has 4 N–H and O–H groups in total. The van der Waals surface area contributed by atoms with Gasteiger partial charge >= 0.3 is 0 Å².